The Hall–Kier alpha value is -2.24. The molecule has 1 aromatic carbocycles. The lowest BCUT2D eigenvalue weighted by atomic mass is 9.93. The van der Waals surface area contributed by atoms with E-state index in [0.717, 1.165) is 37.1 Å². The summed E-state index contributed by atoms with van der Waals surface area (Å²) in [6.45, 7) is 2.90. The SMILES string of the molecule is CN1CCC(CC(=O)N(Cc2ccncc2)C[C@H](O)c2ccccc2)CC1. The number of nitrogens with zero attached hydrogens (tertiary/aromatic N) is 3. The molecule has 0 spiro atoms. The molecule has 1 aromatic heterocycles. The van der Waals surface area contributed by atoms with Gasteiger partial charge in [0.15, 0.2) is 0 Å². The molecule has 5 nitrogen and oxygen atoms in total. The van der Waals surface area contributed by atoms with Gasteiger partial charge >= 0.3 is 0 Å². The van der Waals surface area contributed by atoms with Gasteiger partial charge in [0.2, 0.25) is 5.91 Å². The van der Waals surface area contributed by atoms with Crippen LogP contribution < -0.4 is 0 Å². The zero-order valence-electron chi connectivity index (χ0n) is 16.0. The number of piperidine rings is 1. The summed E-state index contributed by atoms with van der Waals surface area (Å²) in [5, 5.41) is 10.6. The molecule has 27 heavy (non-hydrogen) atoms. The molecular formula is C22H29N3O2. The summed E-state index contributed by atoms with van der Waals surface area (Å²) in [6, 6.07) is 13.4. The van der Waals surface area contributed by atoms with Gasteiger partial charge in [-0.25, -0.2) is 0 Å². The van der Waals surface area contributed by atoms with Crippen molar-refractivity contribution in [3.05, 3.63) is 66.0 Å². The molecular weight excluding hydrogens is 338 g/mol. The first kappa shape index (κ1) is 19.5. The normalized spacial score (nSPS) is 16.8. The third-order valence-corrected chi connectivity index (χ3v) is 5.35. The van der Waals surface area contributed by atoms with Crippen LogP contribution in [0.2, 0.25) is 0 Å². The van der Waals surface area contributed by atoms with E-state index in [2.05, 4.69) is 16.9 Å². The second kappa shape index (κ2) is 9.62. The molecule has 5 heteroatoms. The van der Waals surface area contributed by atoms with Gasteiger partial charge in [0, 0.05) is 25.4 Å². The van der Waals surface area contributed by atoms with E-state index >= 15 is 0 Å². The van der Waals surface area contributed by atoms with Crippen LogP contribution in [0.1, 0.15) is 36.5 Å². The fourth-order valence-electron chi connectivity index (χ4n) is 3.59. The summed E-state index contributed by atoms with van der Waals surface area (Å²) in [5.74, 6) is 0.554. The quantitative estimate of drug-likeness (QED) is 0.818. The molecule has 1 atom stereocenters. The Morgan fingerprint density at radius 2 is 1.85 bits per heavy atom. The maximum absolute atomic E-state index is 13.0. The Kier molecular flexibility index (Phi) is 6.96. The fraction of sp³-hybridized carbons (Fsp3) is 0.455. The molecule has 3 rings (SSSR count). The van der Waals surface area contributed by atoms with E-state index < -0.39 is 6.10 Å². The molecule has 2 heterocycles. The van der Waals surface area contributed by atoms with Crippen LogP contribution in [0, 0.1) is 5.92 Å². The van der Waals surface area contributed by atoms with E-state index in [1.165, 1.54) is 0 Å². The van der Waals surface area contributed by atoms with Crippen molar-refractivity contribution in [1.29, 1.82) is 0 Å². The summed E-state index contributed by atoms with van der Waals surface area (Å²) in [6.07, 6.45) is 5.47. The van der Waals surface area contributed by atoms with Gasteiger partial charge in [0.1, 0.15) is 0 Å². The van der Waals surface area contributed by atoms with Gasteiger partial charge in [0.05, 0.1) is 12.6 Å². The Balaban J connectivity index is 1.67. The second-order valence-corrected chi connectivity index (χ2v) is 7.51. The van der Waals surface area contributed by atoms with Crippen LogP contribution in [-0.2, 0) is 11.3 Å². The lowest BCUT2D eigenvalue weighted by molar-refractivity contribution is -0.134. The largest absolute Gasteiger partial charge is 0.387 e. The molecule has 1 fully saturated rings. The minimum Gasteiger partial charge on any atom is -0.387 e. The van der Waals surface area contributed by atoms with E-state index in [0.29, 0.717) is 25.4 Å². The molecule has 144 valence electrons. The lowest BCUT2D eigenvalue weighted by Gasteiger charge is -2.31. The van der Waals surface area contributed by atoms with Crippen molar-refractivity contribution in [2.75, 3.05) is 26.7 Å². The van der Waals surface area contributed by atoms with Crippen molar-refractivity contribution < 1.29 is 9.90 Å². The number of amides is 1. The zero-order chi connectivity index (χ0) is 19.1. The van der Waals surface area contributed by atoms with Crippen molar-refractivity contribution in [2.45, 2.75) is 31.9 Å². The van der Waals surface area contributed by atoms with Gasteiger partial charge in [-0.05, 0) is 62.2 Å². The number of pyridine rings is 1. The number of rotatable bonds is 7. The van der Waals surface area contributed by atoms with Gasteiger partial charge in [-0.3, -0.25) is 9.78 Å². The Morgan fingerprint density at radius 3 is 2.52 bits per heavy atom. The minimum absolute atomic E-state index is 0.122. The van der Waals surface area contributed by atoms with Crippen molar-refractivity contribution in [1.82, 2.24) is 14.8 Å². The van der Waals surface area contributed by atoms with Gasteiger partial charge in [-0.15, -0.1) is 0 Å². The molecule has 0 aliphatic carbocycles. The molecule has 1 aliphatic rings. The topological polar surface area (TPSA) is 56.7 Å². The number of hydrogen-bond acceptors (Lipinski definition) is 4. The van der Waals surface area contributed by atoms with E-state index in [9.17, 15) is 9.90 Å². The summed E-state index contributed by atoms with van der Waals surface area (Å²) in [5.41, 5.74) is 1.87. The number of likely N-dealkylation sites (tertiary alicyclic amines) is 1. The van der Waals surface area contributed by atoms with Crippen molar-refractivity contribution in [3.8, 4) is 0 Å². The number of aromatic nitrogens is 1. The molecule has 0 bridgehead atoms. The monoisotopic (exact) mass is 367 g/mol. The molecule has 0 saturated carbocycles. The predicted octanol–water partition coefficient (Wildman–Crippen LogP) is 2.88. The van der Waals surface area contributed by atoms with Crippen molar-refractivity contribution in [2.24, 2.45) is 5.92 Å². The summed E-state index contributed by atoms with van der Waals surface area (Å²) < 4.78 is 0. The van der Waals surface area contributed by atoms with E-state index in [1.807, 2.05) is 42.5 Å². The van der Waals surface area contributed by atoms with Gasteiger partial charge < -0.3 is 14.9 Å². The van der Waals surface area contributed by atoms with Crippen molar-refractivity contribution >= 4 is 5.91 Å². The number of carbonyl (C=O) groups is 1. The second-order valence-electron chi connectivity index (χ2n) is 7.51. The summed E-state index contributed by atoms with van der Waals surface area (Å²) in [7, 11) is 2.13. The average molecular weight is 367 g/mol. The average Bonchev–Trinajstić information content (AvgIpc) is 2.70. The lowest BCUT2D eigenvalue weighted by Crippen LogP contribution is -2.37. The highest BCUT2D eigenvalue weighted by atomic mass is 16.3. The van der Waals surface area contributed by atoms with Crippen LogP contribution in [0.25, 0.3) is 0 Å². The number of aliphatic hydroxyl groups excluding tert-OH is 1. The van der Waals surface area contributed by atoms with Crippen LogP contribution in [0.3, 0.4) is 0 Å². The zero-order valence-corrected chi connectivity index (χ0v) is 16.0. The minimum atomic E-state index is -0.686. The maximum Gasteiger partial charge on any atom is 0.223 e. The molecule has 1 N–H and O–H groups in total. The highest BCUT2D eigenvalue weighted by Crippen LogP contribution is 2.22. The van der Waals surface area contributed by atoms with Gasteiger partial charge in [-0.2, -0.15) is 0 Å². The summed E-state index contributed by atoms with van der Waals surface area (Å²) in [4.78, 5) is 21.2. The van der Waals surface area contributed by atoms with E-state index in [-0.39, 0.29) is 5.91 Å². The standard InChI is InChI=1S/C22H29N3O2/c1-24-13-9-18(10-14-24)15-22(27)25(16-19-7-11-23-12-8-19)17-21(26)20-5-3-2-4-6-20/h2-8,11-12,18,21,26H,9-10,13-17H2,1H3/t21-/m0/s1. The van der Waals surface area contributed by atoms with Crippen LogP contribution in [0.4, 0.5) is 0 Å². The Morgan fingerprint density at radius 1 is 1.19 bits per heavy atom. The first-order valence-electron chi connectivity index (χ1n) is 9.70. The Labute approximate surface area is 161 Å². The molecule has 1 amide bonds. The predicted molar refractivity (Wildman–Crippen MR) is 106 cm³/mol. The highest BCUT2D eigenvalue weighted by molar-refractivity contribution is 5.76. The Bertz CT molecular complexity index is 700. The third kappa shape index (κ3) is 5.88. The molecule has 0 unspecified atom stereocenters. The third-order valence-electron chi connectivity index (χ3n) is 5.35. The number of hydrogen-bond donors (Lipinski definition) is 1. The molecule has 2 aromatic rings. The van der Waals surface area contributed by atoms with E-state index in [1.54, 1.807) is 17.3 Å². The number of benzene rings is 1. The molecule has 1 saturated heterocycles. The number of carbonyl (C=O) groups excluding carboxylic acids is 1. The first-order chi connectivity index (χ1) is 13.1. The fourth-order valence-corrected chi connectivity index (χ4v) is 3.59. The van der Waals surface area contributed by atoms with Crippen LogP contribution in [0.5, 0.6) is 0 Å². The van der Waals surface area contributed by atoms with E-state index in [4.69, 9.17) is 0 Å². The van der Waals surface area contributed by atoms with Crippen LogP contribution in [-0.4, -0.2) is 52.5 Å². The van der Waals surface area contributed by atoms with Gasteiger partial charge in [-0.1, -0.05) is 30.3 Å². The molecule has 0 radical (unpaired) electrons. The van der Waals surface area contributed by atoms with Crippen molar-refractivity contribution in [3.63, 3.8) is 0 Å². The smallest absolute Gasteiger partial charge is 0.223 e. The molecule has 1 aliphatic heterocycles. The number of aliphatic hydroxyl groups is 1. The maximum atomic E-state index is 13.0. The van der Waals surface area contributed by atoms with Crippen LogP contribution >= 0.6 is 0 Å². The van der Waals surface area contributed by atoms with Gasteiger partial charge in [0.25, 0.3) is 0 Å². The van der Waals surface area contributed by atoms with Crippen LogP contribution in [0.15, 0.2) is 54.9 Å². The first-order valence-corrected chi connectivity index (χ1v) is 9.70. The summed E-state index contributed by atoms with van der Waals surface area (Å²) >= 11 is 0. The highest BCUT2D eigenvalue weighted by Gasteiger charge is 2.24.